The molecular weight excluding hydrogens is 628 g/mol. The van der Waals surface area contributed by atoms with Gasteiger partial charge in [0, 0.05) is 52.5 Å². The number of hydrogen-bond donors (Lipinski definition) is 1. The molecule has 1 aliphatic heterocycles. The highest BCUT2D eigenvalue weighted by Crippen LogP contribution is 2.31. The maximum atomic E-state index is 14.3. The number of amides is 2. The summed E-state index contributed by atoms with van der Waals surface area (Å²) in [6.07, 6.45) is 1.88. The fourth-order valence-electron chi connectivity index (χ4n) is 7.36. The lowest BCUT2D eigenvalue weighted by Gasteiger charge is -2.41. The van der Waals surface area contributed by atoms with Gasteiger partial charge in [-0.05, 0) is 44.7 Å². The highest BCUT2D eigenvalue weighted by molar-refractivity contribution is 5.90. The van der Waals surface area contributed by atoms with Crippen molar-refractivity contribution in [2.24, 2.45) is 35.3 Å². The summed E-state index contributed by atoms with van der Waals surface area (Å²) in [5.74, 6) is -1.81. The van der Waals surface area contributed by atoms with E-state index in [0.29, 0.717) is 13.0 Å². The van der Waals surface area contributed by atoms with Crippen LogP contribution < -0.4 is 5.73 Å². The van der Waals surface area contributed by atoms with Crippen LogP contribution in [0.15, 0.2) is 0 Å². The summed E-state index contributed by atoms with van der Waals surface area (Å²) in [7, 11) is 9.45. The van der Waals surface area contributed by atoms with Crippen molar-refractivity contribution in [3.8, 4) is 0 Å². The van der Waals surface area contributed by atoms with Crippen molar-refractivity contribution in [2.75, 3.05) is 55.6 Å². The molecule has 2 N–H and O–H groups in total. The Morgan fingerprint density at radius 1 is 0.857 bits per heavy atom. The second-order valence-corrected chi connectivity index (χ2v) is 14.1. The van der Waals surface area contributed by atoms with Gasteiger partial charge in [-0.15, -0.1) is 0 Å². The van der Waals surface area contributed by atoms with Crippen LogP contribution >= 0.6 is 0 Å². The van der Waals surface area contributed by atoms with Crippen molar-refractivity contribution >= 4 is 29.4 Å². The third kappa shape index (κ3) is 13.0. The topological polar surface area (TPSA) is 149 Å². The van der Waals surface area contributed by atoms with Crippen molar-refractivity contribution in [3.05, 3.63) is 0 Å². The lowest BCUT2D eigenvalue weighted by atomic mass is 9.83. The lowest BCUT2D eigenvalue weighted by Crippen LogP contribution is -2.54. The van der Waals surface area contributed by atoms with Crippen LogP contribution in [0, 0.1) is 29.6 Å². The van der Waals surface area contributed by atoms with Gasteiger partial charge >= 0.3 is 5.97 Å². The number of carbonyl (C=O) groups excluding carboxylic acids is 5. The number of Topliss-reactive ketones (excluding diaryl/α,β-unsaturated/α-hetero) is 2. The first-order valence-corrected chi connectivity index (χ1v) is 18.0. The number of esters is 1. The molecule has 0 spiro atoms. The van der Waals surface area contributed by atoms with Crippen LogP contribution in [0.4, 0.5) is 0 Å². The third-order valence-electron chi connectivity index (χ3n) is 10.3. The van der Waals surface area contributed by atoms with Gasteiger partial charge in [-0.2, -0.15) is 0 Å². The van der Waals surface area contributed by atoms with Gasteiger partial charge in [-0.3, -0.25) is 28.9 Å². The van der Waals surface area contributed by atoms with Crippen LogP contribution in [0.25, 0.3) is 0 Å². The van der Waals surface area contributed by atoms with E-state index < -0.39 is 36.2 Å². The molecule has 0 aromatic rings. The molecule has 2 amide bonds. The van der Waals surface area contributed by atoms with E-state index in [-0.39, 0.29) is 72.5 Å². The van der Waals surface area contributed by atoms with E-state index in [9.17, 15) is 24.0 Å². The van der Waals surface area contributed by atoms with Gasteiger partial charge in [-0.1, -0.05) is 61.8 Å². The normalized spacial score (nSPS) is 19.0. The average Bonchev–Trinajstić information content (AvgIpc) is 3.56. The summed E-state index contributed by atoms with van der Waals surface area (Å²) in [6, 6.07) is -1.18. The van der Waals surface area contributed by atoms with Crippen LogP contribution in [-0.2, 0) is 38.2 Å². The monoisotopic (exact) mass is 699 g/mol. The number of carbonyl (C=O) groups is 5. The van der Waals surface area contributed by atoms with Gasteiger partial charge in [0.1, 0.15) is 5.78 Å². The van der Waals surface area contributed by atoms with Crippen LogP contribution in [-0.4, -0.2) is 130 Å². The molecule has 49 heavy (non-hydrogen) atoms. The Bertz CT molecular complexity index is 1040. The average molecular weight is 699 g/mol. The van der Waals surface area contributed by atoms with Gasteiger partial charge in [0.25, 0.3) is 0 Å². The van der Waals surface area contributed by atoms with E-state index in [1.165, 1.54) is 14.2 Å². The standard InChI is InChI=1S/C36H65N3O8.CH5N/c1-14-24(7)34(30(45-11)20-31(42)39-18-16-17-27(39)35(47-13)25(8)28(40)15-2)38(10)36(44)26(22(3)4)19-29(41)33(23(5)6)37(9)21-32(43)46-12;1-2/h22-27,30,33-35H,14-21H2,1-13H3;2H2,1H3/t24-,25-,26-,27-,30+,33-,34-,35+;/m0./s1. The van der Waals surface area contributed by atoms with Crippen molar-refractivity contribution in [1.82, 2.24) is 14.7 Å². The van der Waals surface area contributed by atoms with E-state index in [2.05, 4.69) is 12.7 Å². The first-order chi connectivity index (χ1) is 23.0. The highest BCUT2D eigenvalue weighted by Gasteiger charge is 2.43. The molecule has 1 rings (SSSR count). The molecule has 0 bridgehead atoms. The molecule has 1 fully saturated rings. The fraction of sp³-hybridized carbons (Fsp3) is 0.865. The van der Waals surface area contributed by atoms with E-state index in [1.807, 2.05) is 53.4 Å². The minimum atomic E-state index is -0.594. The largest absolute Gasteiger partial charge is 0.468 e. The Labute approximate surface area is 297 Å². The Kier molecular flexibility index (Phi) is 22.0. The molecule has 1 aliphatic rings. The number of hydrogen-bond acceptors (Lipinski definition) is 10. The quantitative estimate of drug-likeness (QED) is 0.175. The highest BCUT2D eigenvalue weighted by atomic mass is 16.5. The van der Waals surface area contributed by atoms with Gasteiger partial charge in [0.2, 0.25) is 11.8 Å². The van der Waals surface area contributed by atoms with Gasteiger partial charge < -0.3 is 29.7 Å². The number of methoxy groups -OCH3 is 3. The van der Waals surface area contributed by atoms with Crippen molar-refractivity contribution in [3.63, 3.8) is 0 Å². The summed E-state index contributed by atoms with van der Waals surface area (Å²) < 4.78 is 16.6. The lowest BCUT2D eigenvalue weighted by molar-refractivity contribution is -0.149. The minimum Gasteiger partial charge on any atom is -0.468 e. The summed E-state index contributed by atoms with van der Waals surface area (Å²) >= 11 is 0. The number of likely N-dealkylation sites (N-methyl/N-ethyl adjacent to an activating group) is 2. The van der Waals surface area contributed by atoms with Crippen molar-refractivity contribution in [2.45, 2.75) is 124 Å². The van der Waals surface area contributed by atoms with Crippen LogP contribution in [0.2, 0.25) is 0 Å². The maximum absolute atomic E-state index is 14.3. The molecule has 0 unspecified atom stereocenters. The van der Waals surface area contributed by atoms with Crippen molar-refractivity contribution < 1.29 is 38.2 Å². The molecule has 0 saturated carbocycles. The molecule has 1 heterocycles. The van der Waals surface area contributed by atoms with E-state index >= 15 is 0 Å². The second kappa shape index (κ2) is 23.1. The zero-order valence-electron chi connectivity index (χ0n) is 33.1. The van der Waals surface area contributed by atoms with E-state index in [0.717, 1.165) is 19.3 Å². The maximum Gasteiger partial charge on any atom is 0.319 e. The van der Waals surface area contributed by atoms with Gasteiger partial charge in [-0.25, -0.2) is 0 Å². The number of nitrogens with two attached hydrogens (primary N) is 1. The number of likely N-dealkylation sites (tertiary alicyclic amines) is 1. The molecule has 0 aliphatic carbocycles. The molecule has 286 valence electrons. The fourth-order valence-corrected chi connectivity index (χ4v) is 7.36. The predicted octanol–water partition coefficient (Wildman–Crippen LogP) is 3.82. The number of ketones is 2. The number of ether oxygens (including phenoxy) is 3. The zero-order valence-corrected chi connectivity index (χ0v) is 33.1. The number of nitrogens with zero attached hydrogens (tertiary/aromatic N) is 3. The molecule has 1 saturated heterocycles. The predicted molar refractivity (Wildman–Crippen MR) is 193 cm³/mol. The Balaban J connectivity index is 0.0000113. The number of rotatable bonds is 21. The van der Waals surface area contributed by atoms with Gasteiger partial charge in [0.15, 0.2) is 5.78 Å². The molecule has 12 nitrogen and oxygen atoms in total. The van der Waals surface area contributed by atoms with E-state index in [4.69, 9.17) is 14.2 Å². The smallest absolute Gasteiger partial charge is 0.319 e. The molecule has 0 aromatic carbocycles. The third-order valence-corrected chi connectivity index (χ3v) is 10.3. The summed E-state index contributed by atoms with van der Waals surface area (Å²) in [4.78, 5) is 71.6. The van der Waals surface area contributed by atoms with E-state index in [1.54, 1.807) is 38.1 Å². The second-order valence-electron chi connectivity index (χ2n) is 14.1. The van der Waals surface area contributed by atoms with Crippen LogP contribution in [0.3, 0.4) is 0 Å². The molecule has 8 atom stereocenters. The molecule has 0 aromatic heterocycles. The Hall–Kier alpha value is -2.41. The Morgan fingerprint density at radius 2 is 1.45 bits per heavy atom. The molecule has 0 radical (unpaired) electrons. The van der Waals surface area contributed by atoms with Crippen LogP contribution in [0.1, 0.15) is 93.9 Å². The first-order valence-electron chi connectivity index (χ1n) is 18.0. The summed E-state index contributed by atoms with van der Waals surface area (Å²) in [5.41, 5.74) is 4.50. The summed E-state index contributed by atoms with van der Waals surface area (Å²) in [6.45, 7) is 16.1. The van der Waals surface area contributed by atoms with Gasteiger partial charge in [0.05, 0.1) is 50.4 Å². The summed E-state index contributed by atoms with van der Waals surface area (Å²) in [5, 5.41) is 0. The first kappa shape index (κ1) is 46.6. The Morgan fingerprint density at radius 3 is 1.90 bits per heavy atom. The van der Waals surface area contributed by atoms with Crippen molar-refractivity contribution in [1.29, 1.82) is 0 Å². The SMILES string of the molecule is CCC(=O)[C@H](C)[C@@H](OC)[C@@H]1CCCN1C(=O)C[C@@H](OC)[C@H]([C@@H](C)CC)N(C)C(=O)[C@@H](CC(=O)[C@H](C(C)C)N(C)CC(=O)OC)C(C)C.CN. The minimum absolute atomic E-state index is 0.00288. The molecular formula is C37H70N4O8. The molecule has 12 heteroatoms. The zero-order chi connectivity index (χ0) is 38.2. The van der Waals surface area contributed by atoms with Crippen LogP contribution in [0.5, 0.6) is 0 Å².